The van der Waals surface area contributed by atoms with Crippen LogP contribution in [0.3, 0.4) is 0 Å². The van der Waals surface area contributed by atoms with E-state index in [0.717, 1.165) is 5.56 Å². The maximum absolute atomic E-state index is 11.6. The van der Waals surface area contributed by atoms with Crippen LogP contribution < -0.4 is 19.6 Å². The number of rotatable bonds is 5. The highest BCUT2D eigenvalue weighted by atomic mass is 35.5. The van der Waals surface area contributed by atoms with Gasteiger partial charge in [-0.3, -0.25) is 4.79 Å². The van der Waals surface area contributed by atoms with Crippen molar-refractivity contribution in [1.29, 1.82) is 0 Å². The van der Waals surface area contributed by atoms with Gasteiger partial charge in [-0.2, -0.15) is 5.10 Å². The van der Waals surface area contributed by atoms with Gasteiger partial charge in [0.2, 0.25) is 6.79 Å². The Morgan fingerprint density at radius 3 is 2.83 bits per heavy atom. The predicted molar refractivity (Wildman–Crippen MR) is 85.2 cm³/mol. The van der Waals surface area contributed by atoms with Gasteiger partial charge in [0.15, 0.2) is 18.1 Å². The van der Waals surface area contributed by atoms with Crippen molar-refractivity contribution in [3.63, 3.8) is 0 Å². The van der Waals surface area contributed by atoms with Crippen molar-refractivity contribution in [3.8, 4) is 17.2 Å². The molecule has 1 amide bonds. The van der Waals surface area contributed by atoms with Crippen LogP contribution in [0.4, 0.5) is 0 Å². The van der Waals surface area contributed by atoms with Crippen molar-refractivity contribution in [2.75, 3.05) is 13.4 Å². The summed E-state index contributed by atoms with van der Waals surface area (Å²) in [5.41, 5.74) is 3.17. The first-order chi connectivity index (χ1) is 11.2. The Hall–Kier alpha value is -2.73. The Labute approximate surface area is 137 Å². The van der Waals surface area contributed by atoms with E-state index in [2.05, 4.69) is 10.5 Å². The highest BCUT2D eigenvalue weighted by Crippen LogP contribution is 2.31. The van der Waals surface area contributed by atoms with Crippen LogP contribution in [0.15, 0.2) is 47.6 Å². The van der Waals surface area contributed by atoms with E-state index in [-0.39, 0.29) is 19.3 Å². The molecule has 1 N–H and O–H groups in total. The number of hydrazone groups is 1. The Morgan fingerprint density at radius 1 is 1.22 bits per heavy atom. The molecule has 3 rings (SSSR count). The molecule has 6 nitrogen and oxygen atoms in total. The van der Waals surface area contributed by atoms with Gasteiger partial charge in [-0.25, -0.2) is 5.43 Å². The van der Waals surface area contributed by atoms with Gasteiger partial charge in [0.25, 0.3) is 5.91 Å². The largest absolute Gasteiger partial charge is 0.484 e. The molecule has 0 atom stereocenters. The molecular formula is C16H13ClN2O4. The lowest BCUT2D eigenvalue weighted by Crippen LogP contribution is -2.24. The summed E-state index contributed by atoms with van der Waals surface area (Å²) in [4.78, 5) is 11.6. The summed E-state index contributed by atoms with van der Waals surface area (Å²) in [6.07, 6.45) is 1.52. The molecule has 0 unspecified atom stereocenters. The number of amides is 1. The Kier molecular flexibility index (Phi) is 4.63. The molecule has 0 aliphatic carbocycles. The Balaban J connectivity index is 1.47. The van der Waals surface area contributed by atoms with E-state index in [1.54, 1.807) is 36.4 Å². The second-order valence-corrected chi connectivity index (χ2v) is 5.08. The number of halogens is 1. The zero-order valence-corrected chi connectivity index (χ0v) is 12.7. The highest BCUT2D eigenvalue weighted by molar-refractivity contribution is 6.30. The zero-order chi connectivity index (χ0) is 16.1. The molecule has 2 aromatic carbocycles. The van der Waals surface area contributed by atoms with Gasteiger partial charge in [0.1, 0.15) is 5.75 Å². The van der Waals surface area contributed by atoms with Crippen LogP contribution in [0.1, 0.15) is 5.56 Å². The topological polar surface area (TPSA) is 69.2 Å². The third-order valence-electron chi connectivity index (χ3n) is 2.98. The first-order valence-corrected chi connectivity index (χ1v) is 7.18. The van der Waals surface area contributed by atoms with Crippen molar-refractivity contribution >= 4 is 23.7 Å². The first-order valence-electron chi connectivity index (χ1n) is 6.80. The molecule has 1 aliphatic heterocycles. The average Bonchev–Trinajstić information content (AvgIpc) is 3.02. The molecule has 1 aliphatic rings. The predicted octanol–water partition coefficient (Wildman–Crippen LogP) is 2.60. The molecule has 23 heavy (non-hydrogen) atoms. The number of nitrogens with one attached hydrogen (secondary N) is 1. The Bertz CT molecular complexity index is 731. The second-order valence-electron chi connectivity index (χ2n) is 4.65. The minimum Gasteiger partial charge on any atom is -0.484 e. The van der Waals surface area contributed by atoms with E-state index in [0.29, 0.717) is 22.3 Å². The fraction of sp³-hybridized carbons (Fsp3) is 0.125. The average molecular weight is 333 g/mol. The molecular weight excluding hydrogens is 320 g/mol. The van der Waals surface area contributed by atoms with Gasteiger partial charge in [0, 0.05) is 5.02 Å². The summed E-state index contributed by atoms with van der Waals surface area (Å²) in [6.45, 7) is 0.0782. The van der Waals surface area contributed by atoms with E-state index in [1.165, 1.54) is 6.21 Å². The van der Waals surface area contributed by atoms with Crippen LogP contribution in [-0.2, 0) is 4.79 Å². The second kappa shape index (κ2) is 7.02. The van der Waals surface area contributed by atoms with Crippen LogP contribution in [0, 0.1) is 0 Å². The van der Waals surface area contributed by atoms with Crippen molar-refractivity contribution < 1.29 is 19.0 Å². The molecule has 2 aromatic rings. The first kappa shape index (κ1) is 15.2. The van der Waals surface area contributed by atoms with Crippen LogP contribution >= 0.6 is 11.6 Å². The SMILES string of the molecule is O=C(COc1ccc(Cl)cc1)N/N=C/c1ccc2c(c1)OCO2. The molecule has 0 radical (unpaired) electrons. The van der Waals surface area contributed by atoms with E-state index in [4.69, 9.17) is 25.8 Å². The maximum atomic E-state index is 11.6. The van der Waals surface area contributed by atoms with Crippen molar-refractivity contribution in [3.05, 3.63) is 53.1 Å². The monoisotopic (exact) mass is 332 g/mol. The van der Waals surface area contributed by atoms with Gasteiger partial charge >= 0.3 is 0 Å². The molecule has 7 heteroatoms. The number of fused-ring (bicyclic) bond motifs is 1. The summed E-state index contributed by atoms with van der Waals surface area (Å²) in [5, 5.41) is 4.48. The van der Waals surface area contributed by atoms with Crippen LogP contribution in [-0.4, -0.2) is 25.5 Å². The summed E-state index contributed by atoms with van der Waals surface area (Å²) in [6, 6.07) is 12.1. The molecule has 0 aromatic heterocycles. The molecule has 0 spiro atoms. The highest BCUT2D eigenvalue weighted by Gasteiger charge is 2.12. The quantitative estimate of drug-likeness (QED) is 0.675. The van der Waals surface area contributed by atoms with Crippen LogP contribution in [0.5, 0.6) is 17.2 Å². The smallest absolute Gasteiger partial charge is 0.277 e. The van der Waals surface area contributed by atoms with Gasteiger partial charge in [-0.15, -0.1) is 0 Å². The van der Waals surface area contributed by atoms with Crippen molar-refractivity contribution in [2.24, 2.45) is 5.10 Å². The van der Waals surface area contributed by atoms with Gasteiger partial charge in [0.05, 0.1) is 6.21 Å². The van der Waals surface area contributed by atoms with E-state index < -0.39 is 0 Å². The van der Waals surface area contributed by atoms with Gasteiger partial charge in [-0.1, -0.05) is 11.6 Å². The Morgan fingerprint density at radius 2 is 2.00 bits per heavy atom. The normalized spacial score (nSPS) is 12.4. The van der Waals surface area contributed by atoms with Gasteiger partial charge in [-0.05, 0) is 48.0 Å². The van der Waals surface area contributed by atoms with Crippen LogP contribution in [0.2, 0.25) is 5.02 Å². The van der Waals surface area contributed by atoms with E-state index in [1.807, 2.05) is 6.07 Å². The third kappa shape index (κ3) is 4.14. The molecule has 1 heterocycles. The zero-order valence-electron chi connectivity index (χ0n) is 12.0. The summed E-state index contributed by atoms with van der Waals surface area (Å²) < 4.78 is 15.8. The molecule has 0 bridgehead atoms. The summed E-state index contributed by atoms with van der Waals surface area (Å²) in [7, 11) is 0. The van der Waals surface area contributed by atoms with Crippen molar-refractivity contribution in [2.45, 2.75) is 0 Å². The number of nitrogens with zero attached hydrogens (tertiary/aromatic N) is 1. The van der Waals surface area contributed by atoms with Gasteiger partial charge < -0.3 is 14.2 Å². The summed E-state index contributed by atoms with van der Waals surface area (Å²) in [5.74, 6) is 1.55. The fourth-order valence-corrected chi connectivity index (χ4v) is 2.01. The molecule has 0 saturated heterocycles. The van der Waals surface area contributed by atoms with Crippen LogP contribution in [0.25, 0.3) is 0 Å². The molecule has 118 valence electrons. The number of ether oxygens (including phenoxy) is 3. The fourth-order valence-electron chi connectivity index (χ4n) is 1.88. The maximum Gasteiger partial charge on any atom is 0.277 e. The number of hydrogen-bond donors (Lipinski definition) is 1. The number of hydrogen-bond acceptors (Lipinski definition) is 5. The number of carbonyl (C=O) groups excluding carboxylic acids is 1. The minimum atomic E-state index is -0.364. The number of benzene rings is 2. The summed E-state index contributed by atoms with van der Waals surface area (Å²) >= 11 is 5.77. The molecule has 0 fully saturated rings. The van der Waals surface area contributed by atoms with E-state index in [9.17, 15) is 4.79 Å². The standard InChI is InChI=1S/C16H13ClN2O4/c17-12-2-4-13(5-3-12)21-9-16(20)19-18-8-11-1-6-14-15(7-11)23-10-22-14/h1-8H,9-10H2,(H,19,20)/b18-8+. The van der Waals surface area contributed by atoms with E-state index >= 15 is 0 Å². The lowest BCUT2D eigenvalue weighted by Gasteiger charge is -2.04. The van der Waals surface area contributed by atoms with Crippen molar-refractivity contribution in [1.82, 2.24) is 5.43 Å². The lowest BCUT2D eigenvalue weighted by atomic mass is 10.2. The minimum absolute atomic E-state index is 0.139. The molecule has 0 saturated carbocycles. The lowest BCUT2D eigenvalue weighted by molar-refractivity contribution is -0.123. The third-order valence-corrected chi connectivity index (χ3v) is 3.24. The number of carbonyl (C=O) groups is 1.